The molecule has 0 radical (unpaired) electrons. The maximum absolute atomic E-state index is 12.0. The molecule has 1 unspecified atom stereocenters. The lowest BCUT2D eigenvalue weighted by Gasteiger charge is -2.24. The standard InChI is InChI=1S/C14H19BrClN3O2/c1-14(2,3)21-13(20)19-5-4-10(8-19)18-11-6-9(15)7-17-12(11)16/h6-7,10,18H,4-5,8H2,1-3H3. The number of anilines is 1. The van der Waals surface area contributed by atoms with Crippen LogP contribution in [0.5, 0.6) is 0 Å². The smallest absolute Gasteiger partial charge is 0.410 e. The van der Waals surface area contributed by atoms with Gasteiger partial charge in [-0.05, 0) is 49.2 Å². The van der Waals surface area contributed by atoms with E-state index in [1.165, 1.54) is 0 Å². The van der Waals surface area contributed by atoms with Crippen molar-refractivity contribution < 1.29 is 9.53 Å². The van der Waals surface area contributed by atoms with Crippen LogP contribution in [-0.2, 0) is 4.74 Å². The Morgan fingerprint density at radius 2 is 2.29 bits per heavy atom. The summed E-state index contributed by atoms with van der Waals surface area (Å²) in [5.74, 6) is 0. The molecule has 2 heterocycles. The van der Waals surface area contributed by atoms with Gasteiger partial charge in [0.1, 0.15) is 5.60 Å². The van der Waals surface area contributed by atoms with Gasteiger partial charge in [0.05, 0.1) is 5.69 Å². The van der Waals surface area contributed by atoms with Crippen molar-refractivity contribution in [2.45, 2.75) is 38.8 Å². The average molecular weight is 377 g/mol. The first-order valence-electron chi connectivity index (χ1n) is 6.80. The topological polar surface area (TPSA) is 54.5 Å². The molecule has 0 aromatic carbocycles. The molecule has 21 heavy (non-hydrogen) atoms. The number of pyridine rings is 1. The second-order valence-electron chi connectivity index (χ2n) is 6.05. The minimum Gasteiger partial charge on any atom is -0.444 e. The van der Waals surface area contributed by atoms with Gasteiger partial charge in [-0.1, -0.05) is 11.6 Å². The molecule has 5 nitrogen and oxygen atoms in total. The summed E-state index contributed by atoms with van der Waals surface area (Å²) in [7, 11) is 0. The number of hydrogen-bond donors (Lipinski definition) is 1. The average Bonchev–Trinajstić information content (AvgIpc) is 2.80. The summed E-state index contributed by atoms with van der Waals surface area (Å²) in [6.45, 7) is 6.86. The summed E-state index contributed by atoms with van der Waals surface area (Å²) in [5, 5.41) is 3.75. The number of rotatable bonds is 2. The lowest BCUT2D eigenvalue weighted by atomic mass is 10.2. The largest absolute Gasteiger partial charge is 0.444 e. The fraction of sp³-hybridized carbons (Fsp3) is 0.571. The Hall–Kier alpha value is -1.01. The van der Waals surface area contributed by atoms with Gasteiger partial charge in [-0.25, -0.2) is 9.78 Å². The summed E-state index contributed by atoms with van der Waals surface area (Å²) >= 11 is 9.43. The molecule has 2 rings (SSSR count). The van der Waals surface area contributed by atoms with E-state index in [9.17, 15) is 4.79 Å². The third-order valence-corrected chi connectivity index (χ3v) is 3.74. The van der Waals surface area contributed by atoms with E-state index in [4.69, 9.17) is 16.3 Å². The molecule has 1 fully saturated rings. The van der Waals surface area contributed by atoms with Gasteiger partial charge in [0.15, 0.2) is 5.15 Å². The molecule has 1 atom stereocenters. The van der Waals surface area contributed by atoms with E-state index in [-0.39, 0.29) is 12.1 Å². The van der Waals surface area contributed by atoms with Crippen LogP contribution in [0.25, 0.3) is 0 Å². The summed E-state index contributed by atoms with van der Waals surface area (Å²) < 4.78 is 6.23. The summed E-state index contributed by atoms with van der Waals surface area (Å²) in [6, 6.07) is 2.02. The zero-order valence-electron chi connectivity index (χ0n) is 12.3. The van der Waals surface area contributed by atoms with Gasteiger partial charge in [0.25, 0.3) is 0 Å². The maximum Gasteiger partial charge on any atom is 0.410 e. The Kier molecular flexibility index (Phi) is 4.99. The number of carbonyl (C=O) groups excluding carboxylic acids is 1. The second-order valence-corrected chi connectivity index (χ2v) is 7.32. The monoisotopic (exact) mass is 375 g/mol. The van der Waals surface area contributed by atoms with Crippen LogP contribution in [-0.4, -0.2) is 40.7 Å². The van der Waals surface area contributed by atoms with Crippen LogP contribution in [0.1, 0.15) is 27.2 Å². The minimum absolute atomic E-state index is 0.145. The van der Waals surface area contributed by atoms with Gasteiger partial charge < -0.3 is 15.0 Å². The first-order chi connectivity index (χ1) is 9.74. The Balaban J connectivity index is 1.93. The predicted octanol–water partition coefficient (Wildman–Crippen LogP) is 3.92. The summed E-state index contributed by atoms with van der Waals surface area (Å²) in [4.78, 5) is 17.8. The number of nitrogens with one attached hydrogen (secondary N) is 1. The van der Waals surface area contributed by atoms with Crippen molar-refractivity contribution in [2.24, 2.45) is 0 Å². The van der Waals surface area contributed by atoms with Gasteiger partial charge in [-0.15, -0.1) is 0 Å². The number of amides is 1. The predicted molar refractivity (Wildman–Crippen MR) is 86.8 cm³/mol. The number of halogens is 2. The molecular formula is C14H19BrClN3O2. The van der Waals surface area contributed by atoms with Gasteiger partial charge in [-0.2, -0.15) is 0 Å². The molecular weight excluding hydrogens is 358 g/mol. The van der Waals surface area contributed by atoms with Crippen LogP contribution in [0.2, 0.25) is 5.15 Å². The van der Waals surface area contributed by atoms with E-state index in [1.54, 1.807) is 11.1 Å². The van der Waals surface area contributed by atoms with Crippen molar-refractivity contribution in [2.75, 3.05) is 18.4 Å². The molecule has 1 aliphatic rings. The first kappa shape index (κ1) is 16.4. The SMILES string of the molecule is CC(C)(C)OC(=O)N1CCC(Nc2cc(Br)cnc2Cl)C1. The van der Waals surface area contributed by atoms with E-state index in [0.29, 0.717) is 18.2 Å². The van der Waals surface area contributed by atoms with Crippen molar-refractivity contribution in [1.82, 2.24) is 9.88 Å². The van der Waals surface area contributed by atoms with Crippen molar-refractivity contribution in [3.63, 3.8) is 0 Å². The number of aromatic nitrogens is 1. The molecule has 0 aliphatic carbocycles. The molecule has 7 heteroatoms. The van der Waals surface area contributed by atoms with Crippen molar-refractivity contribution in [1.29, 1.82) is 0 Å². The fourth-order valence-corrected chi connectivity index (χ4v) is 2.60. The van der Waals surface area contributed by atoms with Crippen LogP contribution >= 0.6 is 27.5 Å². The van der Waals surface area contributed by atoms with E-state index >= 15 is 0 Å². The first-order valence-corrected chi connectivity index (χ1v) is 7.97. The van der Waals surface area contributed by atoms with Crippen molar-refractivity contribution in [3.8, 4) is 0 Å². The quantitative estimate of drug-likeness (QED) is 0.795. The van der Waals surface area contributed by atoms with Gasteiger partial charge in [-0.3, -0.25) is 0 Å². The zero-order valence-corrected chi connectivity index (χ0v) is 14.7. The third kappa shape index (κ3) is 4.74. The molecule has 0 bridgehead atoms. The van der Waals surface area contributed by atoms with Crippen LogP contribution < -0.4 is 5.32 Å². The number of carbonyl (C=O) groups is 1. The third-order valence-electron chi connectivity index (χ3n) is 3.01. The Morgan fingerprint density at radius 3 is 2.95 bits per heavy atom. The molecule has 0 spiro atoms. The number of ether oxygens (including phenoxy) is 1. The van der Waals surface area contributed by atoms with Crippen molar-refractivity contribution in [3.05, 3.63) is 21.9 Å². The second kappa shape index (κ2) is 6.40. The molecule has 1 amide bonds. The van der Waals surface area contributed by atoms with E-state index in [2.05, 4.69) is 26.2 Å². The zero-order chi connectivity index (χ0) is 15.6. The molecule has 0 saturated carbocycles. The Morgan fingerprint density at radius 1 is 1.57 bits per heavy atom. The summed E-state index contributed by atoms with van der Waals surface area (Å²) in [6.07, 6.45) is 2.22. The summed E-state index contributed by atoms with van der Waals surface area (Å²) in [5.41, 5.74) is 0.294. The lowest BCUT2D eigenvalue weighted by molar-refractivity contribution is 0.0293. The normalized spacial score (nSPS) is 18.7. The van der Waals surface area contributed by atoms with E-state index in [0.717, 1.165) is 16.6 Å². The van der Waals surface area contributed by atoms with Gasteiger partial charge in [0.2, 0.25) is 0 Å². The molecule has 1 aliphatic heterocycles. The Labute approximate surface area is 138 Å². The van der Waals surface area contributed by atoms with Gasteiger partial charge in [0, 0.05) is 29.8 Å². The van der Waals surface area contributed by atoms with Crippen LogP contribution in [0, 0.1) is 0 Å². The molecule has 1 N–H and O–H groups in total. The number of likely N-dealkylation sites (tertiary alicyclic amines) is 1. The maximum atomic E-state index is 12.0. The fourth-order valence-electron chi connectivity index (χ4n) is 2.11. The van der Waals surface area contributed by atoms with E-state index < -0.39 is 5.60 Å². The van der Waals surface area contributed by atoms with Gasteiger partial charge >= 0.3 is 6.09 Å². The molecule has 1 aromatic rings. The van der Waals surface area contributed by atoms with Crippen LogP contribution in [0.4, 0.5) is 10.5 Å². The minimum atomic E-state index is -0.472. The molecule has 116 valence electrons. The highest BCUT2D eigenvalue weighted by molar-refractivity contribution is 9.10. The highest BCUT2D eigenvalue weighted by atomic mass is 79.9. The van der Waals surface area contributed by atoms with Crippen LogP contribution in [0.3, 0.4) is 0 Å². The Bertz CT molecular complexity index is 533. The number of nitrogens with zero attached hydrogens (tertiary/aromatic N) is 2. The molecule has 1 aromatic heterocycles. The van der Waals surface area contributed by atoms with Crippen molar-refractivity contribution >= 4 is 39.3 Å². The highest BCUT2D eigenvalue weighted by Crippen LogP contribution is 2.26. The molecule has 1 saturated heterocycles. The van der Waals surface area contributed by atoms with E-state index in [1.807, 2.05) is 26.8 Å². The highest BCUT2D eigenvalue weighted by Gasteiger charge is 2.30. The lowest BCUT2D eigenvalue weighted by Crippen LogP contribution is -2.36. The van der Waals surface area contributed by atoms with Crippen LogP contribution in [0.15, 0.2) is 16.7 Å². The number of hydrogen-bond acceptors (Lipinski definition) is 4.